The Morgan fingerprint density at radius 3 is 2.46 bits per heavy atom. The Morgan fingerprint density at radius 1 is 1.12 bits per heavy atom. The second-order valence-corrected chi connectivity index (χ2v) is 14.2. The number of ether oxygens (including phenoxy) is 2. The van der Waals surface area contributed by atoms with Crippen molar-refractivity contribution in [1.29, 1.82) is 0 Å². The molecule has 3 unspecified atom stereocenters. The van der Waals surface area contributed by atoms with Gasteiger partial charge in [0.2, 0.25) is 17.7 Å². The van der Waals surface area contributed by atoms with Gasteiger partial charge in [0.05, 0.1) is 42.2 Å². The van der Waals surface area contributed by atoms with E-state index in [0.29, 0.717) is 30.0 Å². The van der Waals surface area contributed by atoms with E-state index in [1.54, 1.807) is 26.6 Å². The number of likely N-dealkylation sites (tertiary alicyclic amines) is 1. The van der Waals surface area contributed by atoms with Crippen LogP contribution < -0.4 is 9.64 Å². The first-order chi connectivity index (χ1) is 24.0. The molecule has 3 fully saturated rings. The summed E-state index contributed by atoms with van der Waals surface area (Å²) in [6.07, 6.45) is 3.68. The molecule has 4 heterocycles. The lowest BCUT2D eigenvalue weighted by Crippen LogP contribution is -2.60. The predicted octanol–water partition coefficient (Wildman–Crippen LogP) is 4.05. The highest BCUT2D eigenvalue weighted by atomic mass is 16.5. The molecule has 3 amide bonds. The normalized spacial score (nSPS) is 27.4. The SMILES string of the molecule is C=CCN(Cn1nnc2ccccc21)C(=O)C1N([C@@H](CO)C(C)C)C(=O)[C@@H]2[C@H](C(=O)N(CC=C)c3ccc(OCC)cc3)[C@@]3(C)OC12CC3C. The number of benzene rings is 2. The van der Waals surface area contributed by atoms with Crippen molar-refractivity contribution in [2.75, 3.05) is 31.2 Å². The topological polar surface area (TPSA) is 130 Å². The molecule has 12 heteroatoms. The summed E-state index contributed by atoms with van der Waals surface area (Å²) in [5.41, 5.74) is -0.277. The summed E-state index contributed by atoms with van der Waals surface area (Å²) in [5, 5.41) is 19.3. The van der Waals surface area contributed by atoms with E-state index in [4.69, 9.17) is 9.47 Å². The Morgan fingerprint density at radius 2 is 1.82 bits per heavy atom. The number of carbonyl (C=O) groups is 3. The third-order valence-electron chi connectivity index (χ3n) is 11.0. The number of carbonyl (C=O) groups excluding carboxylic acids is 3. The molecule has 0 radical (unpaired) electrons. The fraction of sp³-hybridized carbons (Fsp3) is 0.500. The lowest BCUT2D eigenvalue weighted by molar-refractivity contribution is -0.157. The van der Waals surface area contributed by atoms with Gasteiger partial charge in [-0.25, -0.2) is 4.68 Å². The summed E-state index contributed by atoms with van der Waals surface area (Å²) in [6.45, 7) is 18.0. The molecule has 3 aliphatic rings. The quantitative estimate of drug-likeness (QED) is 0.252. The maximum Gasteiger partial charge on any atom is 0.250 e. The fourth-order valence-corrected chi connectivity index (χ4v) is 8.55. The summed E-state index contributed by atoms with van der Waals surface area (Å²) in [6, 6.07) is 12.9. The number of fused-ring (bicyclic) bond motifs is 2. The maximum atomic E-state index is 15.1. The van der Waals surface area contributed by atoms with Crippen molar-refractivity contribution < 1.29 is 29.0 Å². The van der Waals surface area contributed by atoms with Gasteiger partial charge in [0.1, 0.15) is 29.6 Å². The van der Waals surface area contributed by atoms with E-state index in [-0.39, 0.29) is 55.9 Å². The Labute approximate surface area is 293 Å². The summed E-state index contributed by atoms with van der Waals surface area (Å²) >= 11 is 0. The molecule has 0 saturated carbocycles. The first-order valence-electron chi connectivity index (χ1n) is 17.4. The number of aliphatic hydroxyl groups excluding tert-OH is 1. The average molecular weight is 685 g/mol. The zero-order chi connectivity index (χ0) is 36.0. The highest BCUT2D eigenvalue weighted by Gasteiger charge is 2.80. The summed E-state index contributed by atoms with van der Waals surface area (Å²) in [5.74, 6) is -2.53. The van der Waals surface area contributed by atoms with E-state index in [9.17, 15) is 14.7 Å². The van der Waals surface area contributed by atoms with Crippen molar-refractivity contribution in [3.8, 4) is 5.75 Å². The summed E-state index contributed by atoms with van der Waals surface area (Å²) < 4.78 is 14.3. The van der Waals surface area contributed by atoms with E-state index in [1.807, 2.05) is 83.1 Å². The van der Waals surface area contributed by atoms with Crippen molar-refractivity contribution >= 4 is 34.4 Å². The van der Waals surface area contributed by atoms with Crippen LogP contribution >= 0.6 is 0 Å². The number of hydrogen-bond donors (Lipinski definition) is 1. The number of hydrogen-bond acceptors (Lipinski definition) is 8. The van der Waals surface area contributed by atoms with Crippen molar-refractivity contribution in [3.63, 3.8) is 0 Å². The number of para-hydroxylation sites is 1. The number of nitrogens with zero attached hydrogens (tertiary/aromatic N) is 6. The van der Waals surface area contributed by atoms with Gasteiger partial charge in [0.15, 0.2) is 0 Å². The predicted molar refractivity (Wildman–Crippen MR) is 189 cm³/mol. The smallest absolute Gasteiger partial charge is 0.250 e. The first-order valence-corrected chi connectivity index (χ1v) is 17.4. The molecule has 7 atom stereocenters. The number of aromatic nitrogens is 3. The Bertz CT molecular complexity index is 1770. The third-order valence-corrected chi connectivity index (χ3v) is 11.0. The Hall–Kier alpha value is -4.55. The average Bonchev–Trinajstić information content (AvgIpc) is 3.77. The second kappa shape index (κ2) is 13.6. The van der Waals surface area contributed by atoms with Crippen LogP contribution in [0.4, 0.5) is 5.69 Å². The molecule has 1 spiro atoms. The zero-order valence-corrected chi connectivity index (χ0v) is 29.6. The number of aliphatic hydroxyl groups is 1. The van der Waals surface area contributed by atoms with Gasteiger partial charge in [-0.3, -0.25) is 14.4 Å². The number of amides is 3. The lowest BCUT2D eigenvalue weighted by atomic mass is 9.62. The third kappa shape index (κ3) is 5.49. The molecule has 1 aromatic heterocycles. The van der Waals surface area contributed by atoms with Crippen molar-refractivity contribution in [3.05, 3.63) is 73.8 Å². The summed E-state index contributed by atoms with van der Waals surface area (Å²) in [7, 11) is 0. The molecule has 266 valence electrons. The zero-order valence-electron chi connectivity index (χ0n) is 29.6. The van der Waals surface area contributed by atoms with Gasteiger partial charge < -0.3 is 29.3 Å². The van der Waals surface area contributed by atoms with Crippen LogP contribution in [0.2, 0.25) is 0 Å². The fourth-order valence-electron chi connectivity index (χ4n) is 8.55. The molecule has 2 aromatic carbocycles. The largest absolute Gasteiger partial charge is 0.494 e. The number of anilines is 1. The maximum absolute atomic E-state index is 15.1. The van der Waals surface area contributed by atoms with Crippen LogP contribution in [-0.2, 0) is 25.8 Å². The molecule has 3 saturated heterocycles. The minimum Gasteiger partial charge on any atom is -0.494 e. The lowest BCUT2D eigenvalue weighted by Gasteiger charge is -2.40. The van der Waals surface area contributed by atoms with Crippen molar-refractivity contribution in [2.24, 2.45) is 23.7 Å². The van der Waals surface area contributed by atoms with Crippen LogP contribution in [0.1, 0.15) is 41.0 Å². The van der Waals surface area contributed by atoms with Gasteiger partial charge in [-0.2, -0.15) is 0 Å². The molecular formula is C38H48N6O6. The van der Waals surface area contributed by atoms with E-state index >= 15 is 4.79 Å². The van der Waals surface area contributed by atoms with Crippen LogP contribution in [0, 0.1) is 23.7 Å². The Kier molecular flexibility index (Phi) is 9.62. The molecule has 2 bridgehead atoms. The molecule has 1 N–H and O–H groups in total. The molecule has 6 rings (SSSR count). The van der Waals surface area contributed by atoms with Crippen LogP contribution in [0.15, 0.2) is 73.8 Å². The minimum absolute atomic E-state index is 0.0517. The molecule has 50 heavy (non-hydrogen) atoms. The van der Waals surface area contributed by atoms with Gasteiger partial charge in [-0.15, -0.1) is 18.3 Å². The van der Waals surface area contributed by atoms with E-state index in [1.165, 1.54) is 4.90 Å². The van der Waals surface area contributed by atoms with E-state index in [0.717, 1.165) is 5.52 Å². The first kappa shape index (κ1) is 35.3. The van der Waals surface area contributed by atoms with Gasteiger partial charge in [0.25, 0.3) is 0 Å². The van der Waals surface area contributed by atoms with Crippen LogP contribution in [0.3, 0.4) is 0 Å². The summed E-state index contributed by atoms with van der Waals surface area (Å²) in [4.78, 5) is 49.7. The van der Waals surface area contributed by atoms with E-state index < -0.39 is 35.1 Å². The molecule has 3 aliphatic heterocycles. The Balaban J connectivity index is 1.44. The number of rotatable bonds is 14. The highest BCUT2D eigenvalue weighted by Crippen LogP contribution is 2.66. The molecular weight excluding hydrogens is 636 g/mol. The van der Waals surface area contributed by atoms with Crippen molar-refractivity contribution in [2.45, 2.75) is 71.0 Å². The minimum atomic E-state index is -1.31. The van der Waals surface area contributed by atoms with Crippen molar-refractivity contribution in [1.82, 2.24) is 24.8 Å². The van der Waals surface area contributed by atoms with Crippen LogP contribution in [0.5, 0.6) is 5.75 Å². The van der Waals surface area contributed by atoms with Gasteiger partial charge >= 0.3 is 0 Å². The monoisotopic (exact) mass is 684 g/mol. The standard InChI is InChI=1S/C38H48N6O6/c1-8-19-41(23-43-29-14-12-11-13-28(29)39-40-43)36(48)33-38-21-25(6)37(7,50-38)31(32(38)35(47)44(33)30(22-45)24(4)5)34(46)42(20-9-2)26-15-17-27(18-16-26)49-10-3/h8-9,11-18,24-25,30-33,45H,1-2,10,19-23H2,3-7H3/t25?,30-,31+,32-,33?,37-,38?/m0/s1. The molecule has 0 aliphatic carbocycles. The molecule has 12 nitrogen and oxygen atoms in total. The van der Waals surface area contributed by atoms with Gasteiger partial charge in [-0.1, -0.05) is 50.3 Å². The highest BCUT2D eigenvalue weighted by molar-refractivity contribution is 6.03. The second-order valence-electron chi connectivity index (χ2n) is 14.2. The van der Waals surface area contributed by atoms with E-state index in [2.05, 4.69) is 23.5 Å². The van der Waals surface area contributed by atoms with Crippen LogP contribution in [-0.4, -0.2) is 97.2 Å². The molecule has 3 aromatic rings. The van der Waals surface area contributed by atoms with Gasteiger partial charge in [-0.05, 0) is 68.5 Å². The van der Waals surface area contributed by atoms with Crippen LogP contribution in [0.25, 0.3) is 11.0 Å². The van der Waals surface area contributed by atoms with Gasteiger partial charge in [0, 0.05) is 18.8 Å².